The van der Waals surface area contributed by atoms with Crippen LogP contribution in [0.4, 0.5) is 0 Å². The Morgan fingerprint density at radius 1 is 1.26 bits per heavy atom. The van der Waals surface area contributed by atoms with Gasteiger partial charge in [0.15, 0.2) is 0 Å². The number of rotatable bonds is 6. The fraction of sp³-hybridized carbons (Fsp3) is 0.812. The maximum Gasteiger partial charge on any atom is 0.211 e. The molecule has 0 aromatic carbocycles. The molecular formula is C16H28N4O2S. The zero-order valence-electron chi connectivity index (χ0n) is 14.2. The van der Waals surface area contributed by atoms with Crippen LogP contribution in [0, 0.1) is 0 Å². The lowest BCUT2D eigenvalue weighted by Gasteiger charge is -2.24. The van der Waals surface area contributed by atoms with E-state index in [0.29, 0.717) is 12.5 Å². The number of nitrogens with one attached hydrogen (secondary N) is 1. The van der Waals surface area contributed by atoms with Crippen molar-refractivity contribution in [2.45, 2.75) is 51.0 Å². The quantitative estimate of drug-likeness (QED) is 0.849. The molecule has 2 aliphatic rings. The third kappa shape index (κ3) is 3.61. The number of aryl methyl sites for hydroxylation is 1. The van der Waals surface area contributed by atoms with Gasteiger partial charge in [0, 0.05) is 12.7 Å². The van der Waals surface area contributed by atoms with E-state index < -0.39 is 10.0 Å². The number of likely N-dealkylation sites (tertiary alicyclic amines) is 1. The molecule has 6 nitrogen and oxygen atoms in total. The fourth-order valence-corrected chi connectivity index (χ4v) is 4.66. The highest BCUT2D eigenvalue weighted by Crippen LogP contribution is 2.33. The Kier molecular flexibility index (Phi) is 5.08. The average molecular weight is 340 g/mol. The van der Waals surface area contributed by atoms with Crippen LogP contribution in [0.15, 0.2) is 0 Å². The summed E-state index contributed by atoms with van der Waals surface area (Å²) < 4.78 is 27.8. The van der Waals surface area contributed by atoms with Crippen LogP contribution in [0.1, 0.15) is 55.4 Å². The summed E-state index contributed by atoms with van der Waals surface area (Å²) in [5.41, 5.74) is 2.70. The number of nitrogens with zero attached hydrogens (tertiary/aromatic N) is 3. The lowest BCUT2D eigenvalue weighted by Crippen LogP contribution is -2.29. The number of sulfonamides is 1. The summed E-state index contributed by atoms with van der Waals surface area (Å²) in [4.78, 5) is 7.36. The second kappa shape index (κ2) is 6.91. The van der Waals surface area contributed by atoms with Crippen molar-refractivity contribution in [2.24, 2.45) is 7.05 Å². The van der Waals surface area contributed by atoms with Gasteiger partial charge in [0.05, 0.1) is 17.5 Å². The average Bonchev–Trinajstić information content (AvgIpc) is 3.12. The summed E-state index contributed by atoms with van der Waals surface area (Å²) in [6, 6.07) is 0.350. The molecule has 0 unspecified atom stereocenters. The molecule has 1 fully saturated rings. The molecule has 1 saturated heterocycles. The van der Waals surface area contributed by atoms with E-state index in [-0.39, 0.29) is 5.75 Å². The molecular weight excluding hydrogens is 312 g/mol. The molecule has 0 radical (unpaired) electrons. The molecule has 0 amide bonds. The third-order valence-corrected chi connectivity index (χ3v) is 6.69. The van der Waals surface area contributed by atoms with Crippen molar-refractivity contribution in [3.8, 4) is 0 Å². The van der Waals surface area contributed by atoms with Gasteiger partial charge in [-0.05, 0) is 65.1 Å². The summed E-state index contributed by atoms with van der Waals surface area (Å²) in [6.07, 6.45) is 7.73. The van der Waals surface area contributed by atoms with Gasteiger partial charge in [0.2, 0.25) is 10.0 Å². The minimum atomic E-state index is -3.10. The fourth-order valence-electron chi connectivity index (χ4n) is 3.95. The summed E-state index contributed by atoms with van der Waals surface area (Å²) in [5.74, 6) is 1.38. The van der Waals surface area contributed by atoms with E-state index >= 15 is 0 Å². The monoisotopic (exact) mass is 340 g/mol. The standard InChI is InChI=1S/C16H28N4O2S/c1-17-23(21,22)12-6-11-20-10-5-9-15(20)16-18-13-7-3-4-8-14(13)19(16)2/h15,17H,3-12H2,1-2H3/t15-/m1/s1. The van der Waals surface area contributed by atoms with Crippen LogP contribution in [-0.4, -0.2) is 48.8 Å². The summed E-state index contributed by atoms with van der Waals surface area (Å²) in [7, 11) is 0.525. The van der Waals surface area contributed by atoms with E-state index in [4.69, 9.17) is 4.98 Å². The highest BCUT2D eigenvalue weighted by molar-refractivity contribution is 7.89. The molecule has 23 heavy (non-hydrogen) atoms. The van der Waals surface area contributed by atoms with Crippen molar-refractivity contribution < 1.29 is 8.42 Å². The summed E-state index contributed by atoms with van der Waals surface area (Å²) >= 11 is 0. The zero-order chi connectivity index (χ0) is 16.4. The minimum absolute atomic E-state index is 0.198. The van der Waals surface area contributed by atoms with Gasteiger partial charge < -0.3 is 4.57 Å². The van der Waals surface area contributed by atoms with Crippen molar-refractivity contribution in [1.82, 2.24) is 19.2 Å². The Hall–Kier alpha value is -0.920. The maximum atomic E-state index is 11.6. The molecule has 0 spiro atoms. The van der Waals surface area contributed by atoms with Crippen LogP contribution >= 0.6 is 0 Å². The molecule has 1 aliphatic heterocycles. The van der Waals surface area contributed by atoms with Gasteiger partial charge in [0.25, 0.3) is 0 Å². The third-order valence-electron chi connectivity index (χ3n) is 5.24. The SMILES string of the molecule is CNS(=O)(=O)CCCN1CCC[C@@H]1c1nc2c(n1C)CCCC2. The molecule has 1 aliphatic carbocycles. The van der Waals surface area contributed by atoms with E-state index in [1.165, 1.54) is 43.5 Å². The number of imidazole rings is 1. The molecule has 130 valence electrons. The Bertz CT molecular complexity index is 653. The van der Waals surface area contributed by atoms with Crippen molar-refractivity contribution in [2.75, 3.05) is 25.9 Å². The largest absolute Gasteiger partial charge is 0.334 e. The van der Waals surface area contributed by atoms with Crippen molar-refractivity contribution >= 4 is 10.0 Å². The maximum absolute atomic E-state index is 11.6. The van der Waals surface area contributed by atoms with Crippen molar-refractivity contribution in [1.29, 1.82) is 0 Å². The van der Waals surface area contributed by atoms with Gasteiger partial charge in [-0.1, -0.05) is 0 Å². The highest BCUT2D eigenvalue weighted by atomic mass is 32.2. The lowest BCUT2D eigenvalue weighted by atomic mass is 10.0. The van der Waals surface area contributed by atoms with Crippen molar-refractivity contribution in [3.63, 3.8) is 0 Å². The van der Waals surface area contributed by atoms with Gasteiger partial charge in [-0.2, -0.15) is 0 Å². The van der Waals surface area contributed by atoms with Gasteiger partial charge in [-0.3, -0.25) is 4.90 Å². The second-order valence-electron chi connectivity index (χ2n) is 6.70. The zero-order valence-corrected chi connectivity index (χ0v) is 15.0. The first-order chi connectivity index (χ1) is 11.0. The van der Waals surface area contributed by atoms with Crippen LogP contribution in [0.5, 0.6) is 0 Å². The highest BCUT2D eigenvalue weighted by Gasteiger charge is 2.31. The summed E-state index contributed by atoms with van der Waals surface area (Å²) in [5, 5.41) is 0. The molecule has 3 rings (SSSR count). The number of aromatic nitrogens is 2. The first kappa shape index (κ1) is 16.9. The second-order valence-corrected chi connectivity index (χ2v) is 8.75. The smallest absolute Gasteiger partial charge is 0.211 e. The van der Waals surface area contributed by atoms with Crippen molar-refractivity contribution in [3.05, 3.63) is 17.2 Å². The predicted octanol–water partition coefficient (Wildman–Crippen LogP) is 1.38. The summed E-state index contributed by atoms with van der Waals surface area (Å²) in [6.45, 7) is 1.87. The lowest BCUT2D eigenvalue weighted by molar-refractivity contribution is 0.245. The van der Waals surface area contributed by atoms with E-state index in [2.05, 4.69) is 21.2 Å². The number of fused-ring (bicyclic) bond motifs is 1. The van der Waals surface area contributed by atoms with Crippen LogP contribution in [0.25, 0.3) is 0 Å². The topological polar surface area (TPSA) is 67.2 Å². The first-order valence-corrected chi connectivity index (χ1v) is 10.4. The Balaban J connectivity index is 1.68. The molecule has 7 heteroatoms. The van der Waals surface area contributed by atoms with E-state index in [1.807, 2.05) is 0 Å². The molecule has 0 bridgehead atoms. The molecule has 1 aromatic heterocycles. The van der Waals surface area contributed by atoms with Crippen LogP contribution in [0.2, 0.25) is 0 Å². The van der Waals surface area contributed by atoms with Crippen LogP contribution in [-0.2, 0) is 29.9 Å². The van der Waals surface area contributed by atoms with E-state index in [9.17, 15) is 8.42 Å². The molecule has 0 saturated carbocycles. The number of hydrogen-bond acceptors (Lipinski definition) is 4. The Morgan fingerprint density at radius 3 is 2.78 bits per heavy atom. The minimum Gasteiger partial charge on any atom is -0.334 e. The van der Waals surface area contributed by atoms with Gasteiger partial charge in [-0.15, -0.1) is 0 Å². The number of hydrogen-bond donors (Lipinski definition) is 1. The van der Waals surface area contributed by atoms with E-state index in [0.717, 1.165) is 32.4 Å². The first-order valence-electron chi connectivity index (χ1n) is 8.71. The van der Waals surface area contributed by atoms with Crippen LogP contribution in [0.3, 0.4) is 0 Å². The normalized spacial score (nSPS) is 22.4. The molecule has 1 N–H and O–H groups in total. The van der Waals surface area contributed by atoms with Gasteiger partial charge in [-0.25, -0.2) is 18.1 Å². The molecule has 1 atom stereocenters. The van der Waals surface area contributed by atoms with E-state index in [1.54, 1.807) is 0 Å². The molecule has 1 aromatic rings. The van der Waals surface area contributed by atoms with Gasteiger partial charge >= 0.3 is 0 Å². The van der Waals surface area contributed by atoms with Gasteiger partial charge in [0.1, 0.15) is 5.82 Å². The van der Waals surface area contributed by atoms with Crippen LogP contribution < -0.4 is 4.72 Å². The Labute approximate surface area is 139 Å². The predicted molar refractivity (Wildman–Crippen MR) is 90.9 cm³/mol. The molecule has 2 heterocycles. The Morgan fingerprint density at radius 2 is 2.04 bits per heavy atom.